The standard InChI is InChI=1S/C36H51FN2O5/c1-41-33-18-13-29(37)23-27(33)11-14-31-15-16-32(43-31)19-20-38-25-28(7-5-21-39-22-6-10-36(39)40)26-12-17-34(42-2)35(24-26)44-30-8-3-4-9-30/h12-13,17-18,23-24,28,30-32,38H,3-11,14-16,19-22,25H2,1-2H3. The molecule has 1 saturated carbocycles. The van der Waals surface area contributed by atoms with Crippen molar-refractivity contribution in [1.82, 2.24) is 10.2 Å². The van der Waals surface area contributed by atoms with Crippen LogP contribution in [0.2, 0.25) is 0 Å². The fourth-order valence-corrected chi connectivity index (χ4v) is 7.08. The first kappa shape index (κ1) is 32.6. The summed E-state index contributed by atoms with van der Waals surface area (Å²) in [5.41, 5.74) is 2.15. The van der Waals surface area contributed by atoms with Gasteiger partial charge in [-0.2, -0.15) is 0 Å². The second-order valence-electron chi connectivity index (χ2n) is 12.7. The van der Waals surface area contributed by atoms with E-state index in [-0.39, 0.29) is 24.1 Å². The molecule has 5 rings (SSSR count). The lowest BCUT2D eigenvalue weighted by Crippen LogP contribution is -2.28. The van der Waals surface area contributed by atoms with Crippen molar-refractivity contribution in [1.29, 1.82) is 0 Å². The van der Waals surface area contributed by atoms with Crippen LogP contribution in [-0.4, -0.2) is 69.5 Å². The fourth-order valence-electron chi connectivity index (χ4n) is 7.08. The van der Waals surface area contributed by atoms with Gasteiger partial charge in [0.05, 0.1) is 32.5 Å². The Bertz CT molecular complexity index is 1200. The summed E-state index contributed by atoms with van der Waals surface area (Å²) in [7, 11) is 3.33. The molecule has 1 aliphatic carbocycles. The van der Waals surface area contributed by atoms with Gasteiger partial charge < -0.3 is 29.2 Å². The molecule has 44 heavy (non-hydrogen) atoms. The third kappa shape index (κ3) is 9.10. The Morgan fingerprint density at radius 3 is 2.48 bits per heavy atom. The number of aryl methyl sites for hydroxylation is 1. The summed E-state index contributed by atoms with van der Waals surface area (Å²) in [5, 5.41) is 3.72. The number of rotatable bonds is 17. The molecule has 3 unspecified atom stereocenters. The Kier molecular flexibility index (Phi) is 12.2. The van der Waals surface area contributed by atoms with E-state index in [1.54, 1.807) is 26.4 Å². The highest BCUT2D eigenvalue weighted by molar-refractivity contribution is 5.78. The lowest BCUT2D eigenvalue weighted by molar-refractivity contribution is -0.127. The zero-order valence-electron chi connectivity index (χ0n) is 26.7. The van der Waals surface area contributed by atoms with Crippen molar-refractivity contribution in [2.45, 2.75) is 108 Å². The Morgan fingerprint density at radius 1 is 0.955 bits per heavy atom. The van der Waals surface area contributed by atoms with Gasteiger partial charge in [0.1, 0.15) is 11.6 Å². The molecule has 2 aromatic rings. The molecule has 2 heterocycles. The molecule has 7 nitrogen and oxygen atoms in total. The summed E-state index contributed by atoms with van der Waals surface area (Å²) < 4.78 is 37.6. The van der Waals surface area contributed by atoms with Gasteiger partial charge in [0.15, 0.2) is 11.5 Å². The van der Waals surface area contributed by atoms with Gasteiger partial charge in [-0.05, 0) is 131 Å². The number of hydrogen-bond acceptors (Lipinski definition) is 6. The molecular weight excluding hydrogens is 559 g/mol. The van der Waals surface area contributed by atoms with E-state index in [0.29, 0.717) is 18.2 Å². The number of hydrogen-bond donors (Lipinski definition) is 1. The molecule has 1 N–H and O–H groups in total. The van der Waals surface area contributed by atoms with Gasteiger partial charge in [-0.25, -0.2) is 4.39 Å². The third-order valence-corrected chi connectivity index (χ3v) is 9.61. The van der Waals surface area contributed by atoms with Crippen LogP contribution in [0.5, 0.6) is 17.2 Å². The summed E-state index contributed by atoms with van der Waals surface area (Å²) in [4.78, 5) is 14.2. The van der Waals surface area contributed by atoms with Crippen molar-refractivity contribution in [3.63, 3.8) is 0 Å². The van der Waals surface area contributed by atoms with Gasteiger partial charge in [-0.3, -0.25) is 4.79 Å². The average Bonchev–Trinajstić information content (AvgIpc) is 3.81. The normalized spacial score (nSPS) is 21.2. The van der Waals surface area contributed by atoms with Crippen LogP contribution in [0.25, 0.3) is 0 Å². The van der Waals surface area contributed by atoms with Crippen LogP contribution in [-0.2, 0) is 16.0 Å². The molecule has 3 fully saturated rings. The summed E-state index contributed by atoms with van der Waals surface area (Å²) in [6.07, 6.45) is 13.7. The van der Waals surface area contributed by atoms with E-state index < -0.39 is 0 Å². The van der Waals surface area contributed by atoms with Crippen molar-refractivity contribution in [2.75, 3.05) is 40.4 Å². The van der Waals surface area contributed by atoms with Crippen molar-refractivity contribution in [3.05, 3.63) is 53.3 Å². The number of ether oxygens (including phenoxy) is 4. The van der Waals surface area contributed by atoms with Crippen LogP contribution >= 0.6 is 0 Å². The van der Waals surface area contributed by atoms with E-state index in [1.165, 1.54) is 24.5 Å². The Balaban J connectivity index is 1.12. The van der Waals surface area contributed by atoms with E-state index in [4.69, 9.17) is 18.9 Å². The summed E-state index contributed by atoms with van der Waals surface area (Å²) in [6.45, 7) is 3.47. The molecule has 2 aliphatic heterocycles. The average molecular weight is 611 g/mol. The molecule has 3 aliphatic rings. The molecule has 1 amide bonds. The topological polar surface area (TPSA) is 69.3 Å². The maximum atomic E-state index is 13.8. The molecule has 8 heteroatoms. The highest BCUT2D eigenvalue weighted by Crippen LogP contribution is 2.35. The van der Waals surface area contributed by atoms with E-state index >= 15 is 0 Å². The molecule has 2 aromatic carbocycles. The molecular formula is C36H51FN2O5. The first-order chi connectivity index (χ1) is 21.5. The summed E-state index contributed by atoms with van der Waals surface area (Å²) in [5.74, 6) is 2.74. The Hall–Kier alpha value is -2.84. The summed E-state index contributed by atoms with van der Waals surface area (Å²) >= 11 is 0. The summed E-state index contributed by atoms with van der Waals surface area (Å²) in [6, 6.07) is 11.1. The minimum Gasteiger partial charge on any atom is -0.496 e. The lowest BCUT2D eigenvalue weighted by Gasteiger charge is -2.23. The fraction of sp³-hybridized carbons (Fsp3) is 0.639. The first-order valence-corrected chi connectivity index (χ1v) is 16.8. The number of nitrogens with zero attached hydrogens (tertiary/aromatic N) is 1. The number of likely N-dealkylation sites (tertiary alicyclic amines) is 1. The van der Waals surface area contributed by atoms with Crippen LogP contribution in [0, 0.1) is 5.82 Å². The highest BCUT2D eigenvalue weighted by Gasteiger charge is 2.26. The van der Waals surface area contributed by atoms with Crippen LogP contribution in [0.3, 0.4) is 0 Å². The molecule has 0 spiro atoms. The lowest BCUT2D eigenvalue weighted by atomic mass is 9.93. The van der Waals surface area contributed by atoms with Gasteiger partial charge >= 0.3 is 0 Å². The molecule has 3 atom stereocenters. The molecule has 0 radical (unpaired) electrons. The van der Waals surface area contributed by atoms with Crippen molar-refractivity contribution in [3.8, 4) is 17.2 Å². The second-order valence-corrected chi connectivity index (χ2v) is 12.7. The van der Waals surface area contributed by atoms with Gasteiger partial charge in [0.25, 0.3) is 0 Å². The monoisotopic (exact) mass is 610 g/mol. The predicted molar refractivity (Wildman–Crippen MR) is 170 cm³/mol. The number of benzene rings is 2. The number of amides is 1. The first-order valence-electron chi connectivity index (χ1n) is 16.8. The van der Waals surface area contributed by atoms with E-state index in [2.05, 4.69) is 17.4 Å². The van der Waals surface area contributed by atoms with Crippen LogP contribution in [0.4, 0.5) is 4.39 Å². The predicted octanol–water partition coefficient (Wildman–Crippen LogP) is 6.81. The van der Waals surface area contributed by atoms with E-state index in [9.17, 15) is 9.18 Å². The Labute approximate surface area is 262 Å². The minimum absolute atomic E-state index is 0.201. The van der Waals surface area contributed by atoms with E-state index in [1.807, 2.05) is 11.0 Å². The van der Waals surface area contributed by atoms with Crippen LogP contribution < -0.4 is 19.5 Å². The van der Waals surface area contributed by atoms with Gasteiger partial charge in [-0.1, -0.05) is 6.07 Å². The number of nitrogens with one attached hydrogen (secondary N) is 1. The highest BCUT2D eigenvalue weighted by atomic mass is 19.1. The maximum absolute atomic E-state index is 13.8. The van der Waals surface area contributed by atoms with Crippen molar-refractivity contribution >= 4 is 5.91 Å². The molecule has 0 bridgehead atoms. The zero-order chi connectivity index (χ0) is 30.7. The number of carbonyl (C=O) groups excluding carboxylic acids is 1. The zero-order valence-corrected chi connectivity index (χ0v) is 26.7. The van der Waals surface area contributed by atoms with Gasteiger partial charge in [0.2, 0.25) is 5.91 Å². The molecule has 2 saturated heterocycles. The number of methoxy groups -OCH3 is 2. The van der Waals surface area contributed by atoms with Crippen LogP contribution in [0.1, 0.15) is 94.1 Å². The second kappa shape index (κ2) is 16.5. The van der Waals surface area contributed by atoms with Gasteiger partial charge in [0, 0.05) is 26.1 Å². The SMILES string of the molecule is COc1ccc(F)cc1CCC1CCC(CCNCC(CCCN2CCCC2=O)c2ccc(OC)c(OC3CCCC3)c2)O1. The molecule has 242 valence electrons. The maximum Gasteiger partial charge on any atom is 0.222 e. The minimum atomic E-state index is -0.230. The number of carbonyl (C=O) groups is 1. The third-order valence-electron chi connectivity index (χ3n) is 9.61. The van der Waals surface area contributed by atoms with E-state index in [0.717, 1.165) is 113 Å². The quantitative estimate of drug-likeness (QED) is 0.199. The Morgan fingerprint density at radius 2 is 1.73 bits per heavy atom. The van der Waals surface area contributed by atoms with Crippen molar-refractivity contribution < 1.29 is 28.1 Å². The van der Waals surface area contributed by atoms with Gasteiger partial charge in [-0.15, -0.1) is 0 Å². The van der Waals surface area contributed by atoms with Crippen molar-refractivity contribution in [2.24, 2.45) is 0 Å². The molecule has 0 aromatic heterocycles. The number of halogens is 1. The van der Waals surface area contributed by atoms with Crippen LogP contribution in [0.15, 0.2) is 36.4 Å². The smallest absolute Gasteiger partial charge is 0.222 e. The largest absolute Gasteiger partial charge is 0.496 e.